The van der Waals surface area contributed by atoms with Crippen LogP contribution < -0.4 is 0 Å². The van der Waals surface area contributed by atoms with Crippen molar-refractivity contribution in [1.29, 1.82) is 0 Å². The molecule has 1 aromatic carbocycles. The van der Waals surface area contributed by atoms with Crippen LogP contribution in [0, 0.1) is 0 Å². The first-order valence-corrected chi connectivity index (χ1v) is 8.51. The van der Waals surface area contributed by atoms with Crippen LogP contribution in [0.4, 0.5) is 0 Å². The molecule has 0 aliphatic rings. The molecule has 0 atom stereocenters. The summed E-state index contributed by atoms with van der Waals surface area (Å²) in [4.78, 5) is 12.4. The molecule has 112 valence electrons. The van der Waals surface area contributed by atoms with Gasteiger partial charge in [-0.3, -0.25) is 4.79 Å². The molecular formula is C18H29OP. The maximum Gasteiger partial charge on any atom is 0.167 e. The SMILES string of the molecule is C=C.CC(C)(C)P(CC(=O)c1ccccc1)C(C)(C)C. The molecule has 2 heteroatoms. The molecule has 1 nitrogen and oxygen atoms in total. The quantitative estimate of drug-likeness (QED) is 0.394. The molecule has 0 bridgehead atoms. The summed E-state index contributed by atoms with van der Waals surface area (Å²) in [6.45, 7) is 19.5. The highest BCUT2D eigenvalue weighted by atomic mass is 31.1. The Bertz CT molecular complexity index is 395. The van der Waals surface area contributed by atoms with E-state index < -0.39 is 0 Å². The summed E-state index contributed by atoms with van der Waals surface area (Å²) >= 11 is 0. The van der Waals surface area contributed by atoms with Crippen molar-refractivity contribution in [2.24, 2.45) is 0 Å². The molecule has 0 aromatic heterocycles. The van der Waals surface area contributed by atoms with Crippen molar-refractivity contribution in [3.8, 4) is 0 Å². The maximum atomic E-state index is 12.4. The lowest BCUT2D eigenvalue weighted by atomic mass is 10.1. The molecule has 0 fully saturated rings. The first kappa shape index (κ1) is 19.1. The van der Waals surface area contributed by atoms with E-state index in [-0.39, 0.29) is 24.0 Å². The third-order valence-corrected chi connectivity index (χ3v) is 6.86. The highest BCUT2D eigenvalue weighted by Gasteiger charge is 2.35. The minimum Gasteiger partial charge on any atom is -0.294 e. The number of Topliss-reactive ketones (excluding diaryl/α,β-unsaturated/α-hetero) is 1. The summed E-state index contributed by atoms with van der Waals surface area (Å²) in [5, 5.41) is 0.413. The van der Waals surface area contributed by atoms with Gasteiger partial charge in [-0.05, 0) is 10.3 Å². The Morgan fingerprint density at radius 1 is 0.950 bits per heavy atom. The average Bonchev–Trinajstić information content (AvgIpc) is 2.36. The zero-order chi connectivity index (χ0) is 16.0. The van der Waals surface area contributed by atoms with E-state index in [2.05, 4.69) is 54.7 Å². The fourth-order valence-corrected chi connectivity index (χ4v) is 5.77. The van der Waals surface area contributed by atoms with E-state index >= 15 is 0 Å². The number of carbonyl (C=O) groups is 1. The smallest absolute Gasteiger partial charge is 0.167 e. The molecule has 0 aliphatic carbocycles. The van der Waals surface area contributed by atoms with E-state index in [1.165, 1.54) is 0 Å². The van der Waals surface area contributed by atoms with Crippen LogP contribution in [0.15, 0.2) is 43.5 Å². The second-order valence-electron chi connectivity index (χ2n) is 6.72. The molecule has 0 N–H and O–H groups in total. The van der Waals surface area contributed by atoms with E-state index in [1.807, 2.05) is 30.3 Å². The lowest BCUT2D eigenvalue weighted by Gasteiger charge is -2.41. The van der Waals surface area contributed by atoms with Gasteiger partial charge in [-0.1, -0.05) is 79.8 Å². The Kier molecular flexibility index (Phi) is 7.38. The average molecular weight is 292 g/mol. The molecule has 1 rings (SSSR count). The van der Waals surface area contributed by atoms with Crippen LogP contribution in [0.25, 0.3) is 0 Å². The minimum absolute atomic E-state index is 0.206. The molecule has 0 saturated carbocycles. The number of hydrogen-bond acceptors (Lipinski definition) is 1. The fourth-order valence-electron chi connectivity index (χ4n) is 2.34. The largest absolute Gasteiger partial charge is 0.294 e. The van der Waals surface area contributed by atoms with Gasteiger partial charge >= 0.3 is 0 Å². The molecule has 0 amide bonds. The third kappa shape index (κ3) is 6.01. The summed E-state index contributed by atoms with van der Waals surface area (Å²) in [5.41, 5.74) is 0.846. The lowest BCUT2D eigenvalue weighted by molar-refractivity contribution is 0.102. The van der Waals surface area contributed by atoms with E-state index in [4.69, 9.17) is 0 Å². The van der Waals surface area contributed by atoms with Crippen molar-refractivity contribution in [1.82, 2.24) is 0 Å². The van der Waals surface area contributed by atoms with Gasteiger partial charge in [0.1, 0.15) is 0 Å². The fraction of sp³-hybridized carbons (Fsp3) is 0.500. The molecule has 0 aliphatic heterocycles. The number of ketones is 1. The standard InChI is InChI=1S/C16H25OP.C2H4/c1-15(2,3)18(16(4,5)6)12-14(17)13-10-8-7-9-11-13;1-2/h7-11H,12H2,1-6H3;1-2H2. The Labute approximate surface area is 126 Å². The summed E-state index contributed by atoms with van der Waals surface area (Å²) < 4.78 is 0. The van der Waals surface area contributed by atoms with Gasteiger partial charge in [0, 0.05) is 11.7 Å². The Morgan fingerprint density at radius 2 is 1.35 bits per heavy atom. The van der Waals surface area contributed by atoms with Crippen LogP contribution in [0.5, 0.6) is 0 Å². The molecule has 0 radical (unpaired) electrons. The van der Waals surface area contributed by atoms with Crippen LogP contribution in [0.1, 0.15) is 51.9 Å². The minimum atomic E-state index is -0.355. The van der Waals surface area contributed by atoms with Crippen molar-refractivity contribution in [2.75, 3.05) is 6.16 Å². The Morgan fingerprint density at radius 3 is 1.70 bits per heavy atom. The zero-order valence-corrected chi connectivity index (χ0v) is 14.8. The van der Waals surface area contributed by atoms with Crippen molar-refractivity contribution in [3.63, 3.8) is 0 Å². The molecule has 0 saturated heterocycles. The van der Waals surface area contributed by atoms with Gasteiger partial charge in [0.15, 0.2) is 5.78 Å². The summed E-state index contributed by atoms with van der Waals surface area (Å²) in [6, 6.07) is 9.66. The number of carbonyl (C=O) groups excluding carboxylic acids is 1. The third-order valence-electron chi connectivity index (χ3n) is 3.02. The van der Waals surface area contributed by atoms with Gasteiger partial charge in [-0.15, -0.1) is 13.2 Å². The molecule has 0 unspecified atom stereocenters. The highest BCUT2D eigenvalue weighted by Crippen LogP contribution is 2.59. The number of rotatable bonds is 3. The van der Waals surface area contributed by atoms with Crippen molar-refractivity contribution in [2.45, 2.75) is 51.9 Å². The molecule has 20 heavy (non-hydrogen) atoms. The van der Waals surface area contributed by atoms with E-state index in [0.29, 0.717) is 6.16 Å². The van der Waals surface area contributed by atoms with Gasteiger partial charge in [0.2, 0.25) is 0 Å². The normalized spacial score (nSPS) is 11.8. The van der Waals surface area contributed by atoms with Crippen molar-refractivity contribution in [3.05, 3.63) is 49.1 Å². The first-order valence-electron chi connectivity index (χ1n) is 6.98. The van der Waals surface area contributed by atoms with Gasteiger partial charge < -0.3 is 0 Å². The van der Waals surface area contributed by atoms with Gasteiger partial charge in [0.05, 0.1) is 0 Å². The number of benzene rings is 1. The van der Waals surface area contributed by atoms with Gasteiger partial charge in [0.25, 0.3) is 0 Å². The highest BCUT2D eigenvalue weighted by molar-refractivity contribution is 7.61. The monoisotopic (exact) mass is 292 g/mol. The Hall–Kier alpha value is -0.940. The van der Waals surface area contributed by atoms with Crippen LogP contribution in [0.2, 0.25) is 0 Å². The second kappa shape index (κ2) is 7.74. The molecular weight excluding hydrogens is 263 g/mol. The van der Waals surface area contributed by atoms with E-state index in [9.17, 15) is 4.79 Å². The first-order chi connectivity index (χ1) is 9.12. The van der Waals surface area contributed by atoms with Gasteiger partial charge in [-0.2, -0.15) is 0 Å². The van der Waals surface area contributed by atoms with Crippen LogP contribution >= 0.6 is 7.92 Å². The predicted molar refractivity (Wildman–Crippen MR) is 93.3 cm³/mol. The van der Waals surface area contributed by atoms with Crippen molar-refractivity contribution < 1.29 is 4.79 Å². The van der Waals surface area contributed by atoms with Gasteiger partial charge in [-0.25, -0.2) is 0 Å². The molecule has 0 heterocycles. The van der Waals surface area contributed by atoms with Crippen molar-refractivity contribution >= 4 is 13.7 Å². The van der Waals surface area contributed by atoms with Crippen LogP contribution in [0.3, 0.4) is 0 Å². The topological polar surface area (TPSA) is 17.1 Å². The molecule has 0 spiro atoms. The predicted octanol–water partition coefficient (Wildman–Crippen LogP) is 5.75. The van der Waals surface area contributed by atoms with Crippen LogP contribution in [-0.4, -0.2) is 22.3 Å². The number of hydrogen-bond donors (Lipinski definition) is 0. The van der Waals surface area contributed by atoms with E-state index in [1.54, 1.807) is 0 Å². The maximum absolute atomic E-state index is 12.4. The lowest BCUT2D eigenvalue weighted by Crippen LogP contribution is -2.28. The molecule has 1 aromatic rings. The Balaban J connectivity index is 0.00000172. The second-order valence-corrected chi connectivity index (χ2v) is 10.6. The summed E-state index contributed by atoms with van der Waals surface area (Å²) in [7, 11) is -0.355. The summed E-state index contributed by atoms with van der Waals surface area (Å²) in [5.74, 6) is 0.284. The van der Waals surface area contributed by atoms with E-state index in [0.717, 1.165) is 5.56 Å². The van der Waals surface area contributed by atoms with Crippen LogP contribution in [-0.2, 0) is 0 Å². The zero-order valence-electron chi connectivity index (χ0n) is 13.9. The summed E-state index contributed by atoms with van der Waals surface area (Å²) in [6.07, 6.45) is 0.687.